The zero-order valence-electron chi connectivity index (χ0n) is 13.8. The summed E-state index contributed by atoms with van der Waals surface area (Å²) in [5, 5.41) is 30.9. The summed E-state index contributed by atoms with van der Waals surface area (Å²) in [7, 11) is 0. The highest BCUT2D eigenvalue weighted by Gasteiger charge is 2.35. The molecule has 0 radical (unpaired) electrons. The van der Waals surface area contributed by atoms with E-state index >= 15 is 0 Å². The van der Waals surface area contributed by atoms with Gasteiger partial charge in [0, 0.05) is 13.1 Å². The molecular formula is C14H28N4O4. The SMILES string of the molecule is CCC(C)(N=NC(C)(CC)C(=O)NCCO)C(=O)NCCO. The lowest BCUT2D eigenvalue weighted by Crippen LogP contribution is -2.46. The molecule has 0 bridgehead atoms. The molecular weight excluding hydrogens is 288 g/mol. The normalized spacial score (nSPS) is 16.8. The molecule has 0 aromatic rings. The number of carbonyl (C=O) groups excluding carboxylic acids is 2. The van der Waals surface area contributed by atoms with Crippen LogP contribution in [0.25, 0.3) is 0 Å². The van der Waals surface area contributed by atoms with Gasteiger partial charge >= 0.3 is 0 Å². The lowest BCUT2D eigenvalue weighted by Gasteiger charge is -2.25. The highest BCUT2D eigenvalue weighted by Crippen LogP contribution is 2.22. The molecule has 0 heterocycles. The van der Waals surface area contributed by atoms with Gasteiger partial charge in [-0.05, 0) is 26.7 Å². The lowest BCUT2D eigenvalue weighted by molar-refractivity contribution is -0.128. The van der Waals surface area contributed by atoms with Crippen molar-refractivity contribution in [2.75, 3.05) is 26.3 Å². The molecule has 128 valence electrons. The summed E-state index contributed by atoms with van der Waals surface area (Å²) in [5.74, 6) is -0.691. The van der Waals surface area contributed by atoms with Crippen molar-refractivity contribution in [1.29, 1.82) is 0 Å². The quantitative estimate of drug-likeness (QED) is 0.423. The van der Waals surface area contributed by atoms with Crippen LogP contribution in [0.3, 0.4) is 0 Å². The van der Waals surface area contributed by atoms with Gasteiger partial charge < -0.3 is 20.8 Å². The second-order valence-corrected chi connectivity index (χ2v) is 5.41. The van der Waals surface area contributed by atoms with Crippen LogP contribution in [0.15, 0.2) is 10.2 Å². The van der Waals surface area contributed by atoms with Gasteiger partial charge in [-0.1, -0.05) is 13.8 Å². The molecule has 0 aliphatic rings. The van der Waals surface area contributed by atoms with Crippen molar-refractivity contribution in [3.63, 3.8) is 0 Å². The van der Waals surface area contributed by atoms with Crippen molar-refractivity contribution in [2.24, 2.45) is 10.2 Å². The van der Waals surface area contributed by atoms with Gasteiger partial charge in [-0.3, -0.25) is 9.59 Å². The van der Waals surface area contributed by atoms with Gasteiger partial charge in [-0.2, -0.15) is 10.2 Å². The Morgan fingerprint density at radius 2 is 1.18 bits per heavy atom. The molecule has 0 saturated carbocycles. The summed E-state index contributed by atoms with van der Waals surface area (Å²) in [6.45, 7) is 6.84. The average molecular weight is 316 g/mol. The maximum atomic E-state index is 12.1. The van der Waals surface area contributed by atoms with Crippen molar-refractivity contribution in [3.05, 3.63) is 0 Å². The maximum absolute atomic E-state index is 12.1. The van der Waals surface area contributed by atoms with Gasteiger partial charge in [0.25, 0.3) is 0 Å². The maximum Gasteiger partial charge on any atom is 0.249 e. The van der Waals surface area contributed by atoms with E-state index < -0.39 is 11.1 Å². The first-order valence-corrected chi connectivity index (χ1v) is 7.52. The Hall–Kier alpha value is -1.54. The molecule has 0 saturated heterocycles. The van der Waals surface area contributed by atoms with Crippen LogP contribution in [0.5, 0.6) is 0 Å². The summed E-state index contributed by atoms with van der Waals surface area (Å²) >= 11 is 0. The van der Waals surface area contributed by atoms with E-state index in [0.29, 0.717) is 12.8 Å². The molecule has 4 N–H and O–H groups in total. The zero-order chi connectivity index (χ0) is 17.2. The van der Waals surface area contributed by atoms with Crippen LogP contribution in [0, 0.1) is 0 Å². The summed E-state index contributed by atoms with van der Waals surface area (Å²) in [6.07, 6.45) is 0.817. The Balaban J connectivity index is 5.12. The third-order valence-electron chi connectivity index (χ3n) is 3.64. The predicted octanol–water partition coefficient (Wildman–Crippen LogP) is -0.00700. The summed E-state index contributed by atoms with van der Waals surface area (Å²) < 4.78 is 0. The Kier molecular flexibility index (Phi) is 8.81. The van der Waals surface area contributed by atoms with Crippen molar-refractivity contribution in [2.45, 2.75) is 51.6 Å². The first-order valence-electron chi connectivity index (χ1n) is 7.52. The number of aliphatic hydroxyl groups is 2. The first-order chi connectivity index (χ1) is 10.3. The van der Waals surface area contributed by atoms with Crippen molar-refractivity contribution < 1.29 is 19.8 Å². The van der Waals surface area contributed by atoms with Crippen LogP contribution in [0.1, 0.15) is 40.5 Å². The number of azo groups is 1. The summed E-state index contributed by atoms with van der Waals surface area (Å²) in [4.78, 5) is 24.2. The molecule has 22 heavy (non-hydrogen) atoms. The number of hydrogen-bond acceptors (Lipinski definition) is 6. The fraction of sp³-hybridized carbons (Fsp3) is 0.857. The van der Waals surface area contributed by atoms with Gasteiger partial charge in [-0.25, -0.2) is 0 Å². The highest BCUT2D eigenvalue weighted by atomic mass is 16.3. The van der Waals surface area contributed by atoms with Crippen LogP contribution in [-0.4, -0.2) is 59.4 Å². The molecule has 0 spiro atoms. The van der Waals surface area contributed by atoms with E-state index in [-0.39, 0.29) is 38.1 Å². The molecule has 0 aliphatic heterocycles. The molecule has 0 aromatic heterocycles. The Labute approximate surface area is 131 Å². The fourth-order valence-electron chi connectivity index (χ4n) is 1.49. The third-order valence-corrected chi connectivity index (χ3v) is 3.64. The second-order valence-electron chi connectivity index (χ2n) is 5.41. The van der Waals surface area contributed by atoms with Crippen LogP contribution in [-0.2, 0) is 9.59 Å². The van der Waals surface area contributed by atoms with Crippen LogP contribution in [0.4, 0.5) is 0 Å². The van der Waals surface area contributed by atoms with E-state index in [2.05, 4.69) is 20.9 Å². The Morgan fingerprint density at radius 3 is 1.41 bits per heavy atom. The predicted molar refractivity (Wildman–Crippen MR) is 82.4 cm³/mol. The van der Waals surface area contributed by atoms with Gasteiger partial charge in [0.15, 0.2) is 11.1 Å². The monoisotopic (exact) mass is 316 g/mol. The zero-order valence-corrected chi connectivity index (χ0v) is 13.8. The lowest BCUT2D eigenvalue weighted by atomic mass is 9.97. The molecule has 2 amide bonds. The molecule has 0 aromatic carbocycles. The van der Waals surface area contributed by atoms with E-state index in [1.807, 2.05) is 0 Å². The number of aliphatic hydroxyl groups excluding tert-OH is 2. The topological polar surface area (TPSA) is 123 Å². The average Bonchev–Trinajstić information content (AvgIpc) is 2.54. The van der Waals surface area contributed by atoms with E-state index in [9.17, 15) is 9.59 Å². The molecule has 2 atom stereocenters. The van der Waals surface area contributed by atoms with Gasteiger partial charge in [-0.15, -0.1) is 0 Å². The molecule has 0 aliphatic carbocycles. The molecule has 0 rings (SSSR count). The highest BCUT2D eigenvalue weighted by molar-refractivity contribution is 5.87. The van der Waals surface area contributed by atoms with E-state index in [1.165, 1.54) is 0 Å². The van der Waals surface area contributed by atoms with E-state index in [1.54, 1.807) is 27.7 Å². The number of nitrogens with zero attached hydrogens (tertiary/aromatic N) is 2. The third kappa shape index (κ3) is 5.69. The molecule has 8 nitrogen and oxygen atoms in total. The second kappa shape index (κ2) is 9.47. The first kappa shape index (κ1) is 20.5. The van der Waals surface area contributed by atoms with E-state index in [4.69, 9.17) is 10.2 Å². The molecule has 8 heteroatoms. The number of carbonyl (C=O) groups is 2. The Bertz CT molecular complexity index is 366. The number of hydrogen-bond donors (Lipinski definition) is 4. The van der Waals surface area contributed by atoms with Crippen molar-refractivity contribution in [1.82, 2.24) is 10.6 Å². The Morgan fingerprint density at radius 1 is 0.864 bits per heavy atom. The minimum Gasteiger partial charge on any atom is -0.395 e. The van der Waals surface area contributed by atoms with E-state index in [0.717, 1.165) is 0 Å². The number of amides is 2. The smallest absolute Gasteiger partial charge is 0.249 e. The number of rotatable bonds is 10. The fourth-order valence-corrected chi connectivity index (χ4v) is 1.49. The van der Waals surface area contributed by atoms with Crippen LogP contribution in [0.2, 0.25) is 0 Å². The number of nitrogens with one attached hydrogen (secondary N) is 2. The van der Waals surface area contributed by atoms with Crippen LogP contribution < -0.4 is 10.6 Å². The minimum absolute atomic E-state index is 0.145. The van der Waals surface area contributed by atoms with Crippen molar-refractivity contribution in [3.8, 4) is 0 Å². The summed E-state index contributed by atoms with van der Waals surface area (Å²) in [6, 6.07) is 0. The summed E-state index contributed by atoms with van der Waals surface area (Å²) in [5.41, 5.74) is -2.19. The minimum atomic E-state index is -1.09. The molecule has 0 fully saturated rings. The molecule has 2 unspecified atom stereocenters. The standard InChI is InChI=1S/C14H28N4O4/c1-5-13(3,11(21)15-7-9-19)17-18-14(4,6-2)12(22)16-8-10-20/h19-20H,5-10H2,1-4H3,(H,15,21)(H,16,22). The van der Waals surface area contributed by atoms with Crippen molar-refractivity contribution >= 4 is 11.8 Å². The largest absolute Gasteiger partial charge is 0.395 e. The van der Waals surface area contributed by atoms with Gasteiger partial charge in [0.05, 0.1) is 13.2 Å². The van der Waals surface area contributed by atoms with Crippen LogP contribution >= 0.6 is 0 Å². The van der Waals surface area contributed by atoms with Gasteiger partial charge in [0.1, 0.15) is 0 Å². The van der Waals surface area contributed by atoms with Gasteiger partial charge in [0.2, 0.25) is 11.8 Å².